The van der Waals surface area contributed by atoms with E-state index in [1.54, 1.807) is 12.1 Å². The second-order valence-electron chi connectivity index (χ2n) is 8.41. The molecule has 0 saturated carbocycles. The standard InChI is InChI=1S/C26H29Cl2NO5/c1-5-6-7-12-29-22(16-8-10-18(11-9-16)34-15(2)3)21(24(31)26(29)32)23(30)17-13-19(27)25(33-4)20(28)14-17/h8-11,13-15,22,30H,5-7,12H2,1-4H3/b23-21+. The van der Waals surface area contributed by atoms with Gasteiger partial charge in [-0.1, -0.05) is 55.1 Å². The summed E-state index contributed by atoms with van der Waals surface area (Å²) in [5.74, 6) is -0.789. The normalized spacial score (nSPS) is 17.5. The molecule has 6 nitrogen and oxygen atoms in total. The number of nitrogens with zero attached hydrogens (tertiary/aromatic N) is 1. The largest absolute Gasteiger partial charge is 0.507 e. The molecule has 0 radical (unpaired) electrons. The maximum Gasteiger partial charge on any atom is 0.295 e. The number of hydrogen-bond acceptors (Lipinski definition) is 5. The quantitative estimate of drug-likeness (QED) is 0.184. The van der Waals surface area contributed by atoms with Gasteiger partial charge >= 0.3 is 0 Å². The highest BCUT2D eigenvalue weighted by Crippen LogP contribution is 2.42. The van der Waals surface area contributed by atoms with Gasteiger partial charge in [-0.3, -0.25) is 9.59 Å². The third-order valence-corrected chi connectivity index (χ3v) is 6.15. The minimum atomic E-state index is -0.746. The van der Waals surface area contributed by atoms with Crippen LogP contribution in [0.4, 0.5) is 0 Å². The average Bonchev–Trinajstić information content (AvgIpc) is 3.03. The summed E-state index contributed by atoms with van der Waals surface area (Å²) >= 11 is 12.5. The number of unbranched alkanes of at least 4 members (excludes halogenated alkanes) is 2. The molecule has 1 amide bonds. The number of Topliss-reactive ketones (excluding diaryl/α,β-unsaturated/α-hetero) is 1. The number of hydrogen-bond donors (Lipinski definition) is 1. The van der Waals surface area contributed by atoms with E-state index < -0.39 is 17.7 Å². The van der Waals surface area contributed by atoms with Gasteiger partial charge in [0.1, 0.15) is 11.5 Å². The number of aliphatic hydroxyl groups is 1. The number of benzene rings is 2. The Bertz CT molecular complexity index is 1070. The molecule has 8 heteroatoms. The van der Waals surface area contributed by atoms with Crippen LogP contribution in [0.2, 0.25) is 10.0 Å². The molecule has 1 unspecified atom stereocenters. The zero-order chi connectivity index (χ0) is 25.0. The summed E-state index contributed by atoms with van der Waals surface area (Å²) in [6, 6.07) is 9.38. The zero-order valence-corrected chi connectivity index (χ0v) is 21.2. The van der Waals surface area contributed by atoms with E-state index in [0.717, 1.165) is 19.3 Å². The van der Waals surface area contributed by atoms with Crippen molar-refractivity contribution in [2.45, 2.75) is 52.2 Å². The van der Waals surface area contributed by atoms with E-state index in [1.807, 2.05) is 26.0 Å². The molecular formula is C26H29Cl2NO5. The second-order valence-corrected chi connectivity index (χ2v) is 9.22. The topological polar surface area (TPSA) is 76.1 Å². The number of likely N-dealkylation sites (tertiary alicyclic amines) is 1. The maximum atomic E-state index is 13.1. The Morgan fingerprint density at radius 1 is 1.09 bits per heavy atom. The summed E-state index contributed by atoms with van der Waals surface area (Å²) < 4.78 is 10.9. The molecule has 2 aromatic rings. The number of ether oxygens (including phenoxy) is 2. The fraction of sp³-hybridized carbons (Fsp3) is 0.385. The van der Waals surface area contributed by atoms with Gasteiger partial charge in [-0.05, 0) is 50.1 Å². The molecule has 1 heterocycles. The molecule has 0 aliphatic carbocycles. The van der Waals surface area contributed by atoms with Gasteiger partial charge < -0.3 is 19.5 Å². The summed E-state index contributed by atoms with van der Waals surface area (Å²) in [7, 11) is 1.43. The van der Waals surface area contributed by atoms with Gasteiger partial charge in [0.05, 0.1) is 34.9 Å². The SMILES string of the molecule is CCCCCN1C(=O)C(=O)/C(=C(/O)c2cc(Cl)c(OC)c(Cl)c2)C1c1ccc(OC(C)C)cc1. The molecule has 1 fully saturated rings. The van der Waals surface area contributed by atoms with Crippen molar-refractivity contribution in [2.75, 3.05) is 13.7 Å². The highest BCUT2D eigenvalue weighted by molar-refractivity contribution is 6.46. The third-order valence-electron chi connectivity index (χ3n) is 5.59. The van der Waals surface area contributed by atoms with Crippen molar-refractivity contribution in [3.8, 4) is 11.5 Å². The van der Waals surface area contributed by atoms with Crippen LogP contribution in [0, 0.1) is 0 Å². The van der Waals surface area contributed by atoms with E-state index in [9.17, 15) is 14.7 Å². The van der Waals surface area contributed by atoms with E-state index in [4.69, 9.17) is 32.7 Å². The predicted molar refractivity (Wildman–Crippen MR) is 134 cm³/mol. The number of amides is 1. The Morgan fingerprint density at radius 2 is 1.71 bits per heavy atom. The van der Waals surface area contributed by atoms with Crippen molar-refractivity contribution in [2.24, 2.45) is 0 Å². The van der Waals surface area contributed by atoms with E-state index in [0.29, 0.717) is 17.9 Å². The number of carbonyl (C=O) groups is 2. The van der Waals surface area contributed by atoms with Crippen molar-refractivity contribution in [3.05, 3.63) is 63.1 Å². The van der Waals surface area contributed by atoms with Crippen LogP contribution < -0.4 is 9.47 Å². The Kier molecular flexibility index (Phi) is 8.50. The predicted octanol–water partition coefficient (Wildman–Crippen LogP) is 6.40. The van der Waals surface area contributed by atoms with Crippen LogP contribution in [0.25, 0.3) is 5.76 Å². The van der Waals surface area contributed by atoms with Gasteiger partial charge in [-0.2, -0.15) is 0 Å². The second kappa shape index (κ2) is 11.2. The summed E-state index contributed by atoms with van der Waals surface area (Å²) in [5, 5.41) is 11.6. The first-order valence-corrected chi connectivity index (χ1v) is 12.0. The number of rotatable bonds is 9. The van der Waals surface area contributed by atoms with Crippen LogP contribution in [0.15, 0.2) is 42.0 Å². The van der Waals surface area contributed by atoms with Gasteiger partial charge in [0.15, 0.2) is 5.75 Å². The lowest BCUT2D eigenvalue weighted by Crippen LogP contribution is -2.30. The summed E-state index contributed by atoms with van der Waals surface area (Å²) in [5.41, 5.74) is 0.919. The van der Waals surface area contributed by atoms with Gasteiger partial charge in [0.25, 0.3) is 11.7 Å². The monoisotopic (exact) mass is 505 g/mol. The first kappa shape index (κ1) is 25.9. The number of methoxy groups -OCH3 is 1. The molecule has 182 valence electrons. The summed E-state index contributed by atoms with van der Waals surface area (Å²) in [4.78, 5) is 27.7. The third kappa shape index (κ3) is 5.34. The van der Waals surface area contributed by atoms with Crippen LogP contribution in [-0.4, -0.2) is 41.5 Å². The molecule has 1 saturated heterocycles. The first-order chi connectivity index (χ1) is 16.2. The van der Waals surface area contributed by atoms with Gasteiger partial charge in [0.2, 0.25) is 0 Å². The number of carbonyl (C=O) groups excluding carboxylic acids is 2. The van der Waals surface area contributed by atoms with Gasteiger partial charge in [-0.25, -0.2) is 0 Å². The highest BCUT2D eigenvalue weighted by atomic mass is 35.5. The van der Waals surface area contributed by atoms with Crippen LogP contribution in [0.1, 0.15) is 57.2 Å². The molecule has 0 bridgehead atoms. The lowest BCUT2D eigenvalue weighted by Gasteiger charge is -2.25. The fourth-order valence-electron chi connectivity index (χ4n) is 4.04. The number of ketones is 1. The minimum absolute atomic E-state index is 0.00340. The number of aliphatic hydroxyl groups excluding tert-OH is 1. The Morgan fingerprint density at radius 3 is 2.24 bits per heavy atom. The molecule has 0 aromatic heterocycles. The van der Waals surface area contributed by atoms with Crippen LogP contribution in [0.5, 0.6) is 11.5 Å². The Hall–Kier alpha value is -2.70. The van der Waals surface area contributed by atoms with Crippen molar-refractivity contribution in [3.63, 3.8) is 0 Å². The van der Waals surface area contributed by atoms with E-state index in [2.05, 4.69) is 6.92 Å². The average molecular weight is 506 g/mol. The lowest BCUT2D eigenvalue weighted by atomic mass is 9.95. The molecule has 0 spiro atoms. The smallest absolute Gasteiger partial charge is 0.295 e. The van der Waals surface area contributed by atoms with Crippen molar-refractivity contribution < 1.29 is 24.2 Å². The van der Waals surface area contributed by atoms with Crippen molar-refractivity contribution in [1.29, 1.82) is 0 Å². The van der Waals surface area contributed by atoms with Crippen molar-refractivity contribution >= 4 is 40.7 Å². The van der Waals surface area contributed by atoms with E-state index in [-0.39, 0.29) is 38.8 Å². The fourth-order valence-corrected chi connectivity index (χ4v) is 4.68. The molecule has 1 atom stereocenters. The molecule has 2 aromatic carbocycles. The molecule has 1 N–H and O–H groups in total. The highest BCUT2D eigenvalue weighted by Gasteiger charge is 2.45. The van der Waals surface area contributed by atoms with Gasteiger partial charge in [-0.15, -0.1) is 0 Å². The first-order valence-electron chi connectivity index (χ1n) is 11.3. The summed E-state index contributed by atoms with van der Waals surface area (Å²) in [6.07, 6.45) is 2.64. The van der Waals surface area contributed by atoms with Crippen LogP contribution in [-0.2, 0) is 9.59 Å². The minimum Gasteiger partial charge on any atom is -0.507 e. The molecular weight excluding hydrogens is 477 g/mol. The lowest BCUT2D eigenvalue weighted by molar-refractivity contribution is -0.139. The Balaban J connectivity index is 2.12. The van der Waals surface area contributed by atoms with Crippen LogP contribution >= 0.6 is 23.2 Å². The Labute approximate surface area is 210 Å². The molecule has 3 rings (SSSR count). The summed E-state index contributed by atoms with van der Waals surface area (Å²) in [6.45, 7) is 6.33. The van der Waals surface area contributed by atoms with E-state index in [1.165, 1.54) is 24.1 Å². The van der Waals surface area contributed by atoms with E-state index >= 15 is 0 Å². The van der Waals surface area contributed by atoms with Crippen molar-refractivity contribution in [1.82, 2.24) is 4.90 Å². The number of halogens is 2. The van der Waals surface area contributed by atoms with Crippen LogP contribution in [0.3, 0.4) is 0 Å². The molecule has 34 heavy (non-hydrogen) atoms. The van der Waals surface area contributed by atoms with Gasteiger partial charge in [0, 0.05) is 12.1 Å². The molecule has 1 aliphatic rings. The molecule has 1 aliphatic heterocycles. The zero-order valence-electron chi connectivity index (χ0n) is 19.7. The maximum absolute atomic E-state index is 13.1.